The molecule has 0 aromatic carbocycles. The Balaban J connectivity index is 0. The van der Waals surface area contributed by atoms with Gasteiger partial charge in [-0.3, -0.25) is 0 Å². The maximum absolute atomic E-state index is 12.3. The Kier molecular flexibility index (Phi) is 20.1. The highest BCUT2D eigenvalue weighted by Crippen LogP contribution is 2.33. The van der Waals surface area contributed by atoms with E-state index in [9.17, 15) is 4.57 Å². The lowest BCUT2D eigenvalue weighted by Gasteiger charge is -2.18. The van der Waals surface area contributed by atoms with Crippen molar-refractivity contribution in [3.63, 3.8) is 0 Å². The van der Waals surface area contributed by atoms with E-state index in [4.69, 9.17) is 8.42 Å². The van der Waals surface area contributed by atoms with E-state index in [-0.39, 0.29) is 0 Å². The molecule has 0 N–H and O–H groups in total. The van der Waals surface area contributed by atoms with Gasteiger partial charge in [0.05, 0.1) is 7.80 Å². The van der Waals surface area contributed by atoms with Gasteiger partial charge in [0.25, 0.3) is 0 Å². The van der Waals surface area contributed by atoms with Crippen LogP contribution >= 0.6 is 7.80 Å². The Labute approximate surface area is 136 Å². The maximum Gasteiger partial charge on any atom is 0.335 e. The number of rotatable bonds is 12. The molecule has 0 aromatic heterocycles. The smallest absolute Gasteiger partial charge is 0.327 e. The average molecular weight is 338 g/mol. The molecule has 0 aromatic rings. The van der Waals surface area contributed by atoms with Crippen molar-refractivity contribution in [2.75, 3.05) is 12.3 Å². The van der Waals surface area contributed by atoms with Crippen LogP contribution in [0.1, 0.15) is 79.1 Å². The molecule has 0 rings (SSSR count). The zero-order valence-corrected chi connectivity index (χ0v) is 16.2. The quantitative estimate of drug-likeness (QED) is 0.453. The Morgan fingerprint density at radius 2 is 1.14 bits per heavy atom. The third-order valence-corrected chi connectivity index (χ3v) is 6.18. The predicted molar refractivity (Wildman–Crippen MR) is 94.3 cm³/mol. The van der Waals surface area contributed by atoms with Crippen LogP contribution in [0.25, 0.3) is 0 Å². The van der Waals surface area contributed by atoms with Crippen LogP contribution in [0.4, 0.5) is 0 Å². The highest BCUT2D eigenvalue weighted by molar-refractivity contribution is 7.51. The average Bonchev–Trinajstić information content (AvgIpc) is 2.48. The molecule has 128 valence electrons. The third kappa shape index (κ3) is 16.2. The molecule has 0 amide bonds. The molecule has 3 nitrogen and oxygen atoms in total. The van der Waals surface area contributed by atoms with Crippen LogP contribution in [0, 0.1) is 11.8 Å². The molecule has 0 bridgehead atoms. The van der Waals surface area contributed by atoms with Crippen LogP contribution in [0.5, 0.6) is 0 Å². The normalized spacial score (nSPS) is 14.7. The Morgan fingerprint density at radius 1 is 0.810 bits per heavy atom. The molecule has 0 fully saturated rings. The van der Waals surface area contributed by atoms with Gasteiger partial charge < -0.3 is 4.57 Å². The van der Waals surface area contributed by atoms with Crippen molar-refractivity contribution < 1.29 is 13.0 Å². The molecule has 21 heavy (non-hydrogen) atoms. The van der Waals surface area contributed by atoms with Crippen molar-refractivity contribution in [2.45, 2.75) is 79.1 Å². The molecular weight excluding hydrogens is 303 g/mol. The first-order valence-electron chi connectivity index (χ1n) is 8.52. The van der Waals surface area contributed by atoms with Gasteiger partial charge in [0.1, 0.15) is 0 Å². The van der Waals surface area contributed by atoms with E-state index in [0.717, 1.165) is 24.2 Å². The molecule has 2 atom stereocenters. The molecule has 0 saturated heterocycles. The first kappa shape index (κ1) is 23.3. The number of hydrogen-bond donors (Lipinski definition) is 0. The minimum atomic E-state index is -1.32. The molecule has 0 heterocycles. The molecule has 2 unspecified atom stereocenters. The van der Waals surface area contributed by atoms with E-state index in [0.29, 0.717) is 0 Å². The van der Waals surface area contributed by atoms with Gasteiger partial charge in [-0.2, -0.15) is 8.42 Å². The summed E-state index contributed by atoms with van der Waals surface area (Å²) in [6.45, 7) is 9.00. The summed E-state index contributed by atoms with van der Waals surface area (Å²) in [6, 6.07) is 0. The topological polar surface area (TPSA) is 51.2 Å². The predicted octanol–water partition coefficient (Wildman–Crippen LogP) is 5.31. The van der Waals surface area contributed by atoms with E-state index < -0.39 is 19.4 Å². The van der Waals surface area contributed by atoms with Crippen LogP contribution in [0.2, 0.25) is 0 Å². The first-order valence-corrected chi connectivity index (χ1v) is 11.0. The summed E-state index contributed by atoms with van der Waals surface area (Å²) in [5, 5.41) is 0. The summed E-state index contributed by atoms with van der Waals surface area (Å²) < 4.78 is 28.9. The Bertz CT molecular complexity index is 259. The van der Waals surface area contributed by atoms with Crippen molar-refractivity contribution in [3.05, 3.63) is 0 Å². The maximum atomic E-state index is 12.3. The van der Waals surface area contributed by atoms with Gasteiger partial charge in [-0.1, -0.05) is 79.1 Å². The van der Waals surface area contributed by atoms with Crippen LogP contribution in [0.15, 0.2) is 0 Å². The zero-order valence-electron chi connectivity index (χ0n) is 14.4. The van der Waals surface area contributed by atoms with Crippen molar-refractivity contribution in [1.82, 2.24) is 0 Å². The molecule has 5 heteroatoms. The highest BCUT2D eigenvalue weighted by Gasteiger charge is 2.14. The molecule has 0 aliphatic carbocycles. The van der Waals surface area contributed by atoms with Crippen LogP contribution in [-0.2, 0) is 16.1 Å². The second-order valence-corrected chi connectivity index (χ2v) is 7.88. The summed E-state index contributed by atoms with van der Waals surface area (Å²) in [5.41, 5.74) is 0. The van der Waals surface area contributed by atoms with E-state index in [1.165, 1.54) is 51.4 Å². The van der Waals surface area contributed by atoms with Gasteiger partial charge in [0, 0.05) is 12.3 Å². The van der Waals surface area contributed by atoms with Crippen molar-refractivity contribution in [2.24, 2.45) is 11.8 Å². The standard InChI is InChI=1S/C16H35OP.O2S/c1-5-9-11-15(7-3)13-18(17)14-16(8-4)12-10-6-2;1-3-2/h15-16,18H,5-14H2,1-4H3;. The number of unbranched alkanes of at least 4 members (excludes halogenated alkanes) is 2. The molecule has 0 spiro atoms. The first-order chi connectivity index (χ1) is 10.1. The largest absolute Gasteiger partial charge is 0.335 e. The summed E-state index contributed by atoms with van der Waals surface area (Å²) in [7, 11) is -1.32. The second kappa shape index (κ2) is 18.1. The third-order valence-electron chi connectivity index (χ3n) is 4.12. The van der Waals surface area contributed by atoms with Gasteiger partial charge in [0.2, 0.25) is 0 Å². The Morgan fingerprint density at radius 3 is 1.38 bits per heavy atom. The number of hydrogen-bond acceptors (Lipinski definition) is 3. The van der Waals surface area contributed by atoms with Crippen LogP contribution in [0.3, 0.4) is 0 Å². The summed E-state index contributed by atoms with van der Waals surface area (Å²) in [5.74, 6) is 1.44. The lowest BCUT2D eigenvalue weighted by atomic mass is 10.0. The van der Waals surface area contributed by atoms with Gasteiger partial charge in [-0.25, -0.2) is 0 Å². The van der Waals surface area contributed by atoms with E-state index in [1.807, 2.05) is 0 Å². The van der Waals surface area contributed by atoms with Crippen molar-refractivity contribution >= 4 is 19.4 Å². The van der Waals surface area contributed by atoms with Gasteiger partial charge in [0.15, 0.2) is 0 Å². The summed E-state index contributed by atoms with van der Waals surface area (Å²) in [6.07, 6.45) is 12.2. The fraction of sp³-hybridized carbons (Fsp3) is 1.00. The SMILES string of the molecule is CCCCC(CC)C[PH](=O)CC(CC)CCCC.O=S=O. The second-order valence-electron chi connectivity index (χ2n) is 5.85. The lowest BCUT2D eigenvalue weighted by Crippen LogP contribution is -2.07. The Hall–Kier alpha value is 0.0500. The molecule has 0 aliphatic rings. The van der Waals surface area contributed by atoms with Gasteiger partial charge >= 0.3 is 11.6 Å². The highest BCUT2D eigenvalue weighted by atomic mass is 32.1. The summed E-state index contributed by atoms with van der Waals surface area (Å²) in [4.78, 5) is 0. The van der Waals surface area contributed by atoms with E-state index in [2.05, 4.69) is 27.7 Å². The molecule has 0 radical (unpaired) electrons. The molecule has 0 aliphatic heterocycles. The van der Waals surface area contributed by atoms with Crippen LogP contribution < -0.4 is 0 Å². The van der Waals surface area contributed by atoms with E-state index in [1.54, 1.807) is 0 Å². The van der Waals surface area contributed by atoms with E-state index >= 15 is 0 Å². The van der Waals surface area contributed by atoms with Gasteiger partial charge in [-0.15, -0.1) is 0 Å². The summed E-state index contributed by atoms with van der Waals surface area (Å²) >= 11 is -0.750. The lowest BCUT2D eigenvalue weighted by molar-refractivity contribution is 0.470. The van der Waals surface area contributed by atoms with Crippen molar-refractivity contribution in [1.29, 1.82) is 0 Å². The fourth-order valence-electron chi connectivity index (χ4n) is 2.61. The fourth-order valence-corrected chi connectivity index (χ4v) is 5.05. The monoisotopic (exact) mass is 338 g/mol. The van der Waals surface area contributed by atoms with Crippen molar-refractivity contribution in [3.8, 4) is 0 Å². The zero-order chi connectivity index (χ0) is 16.5. The molecular formula is C16H35O3PS. The van der Waals surface area contributed by atoms with Gasteiger partial charge in [-0.05, 0) is 11.8 Å². The molecule has 0 saturated carbocycles. The minimum Gasteiger partial charge on any atom is -0.327 e. The van der Waals surface area contributed by atoms with Crippen LogP contribution in [-0.4, -0.2) is 20.7 Å². The minimum absolute atomic E-state index is 0.722.